The Morgan fingerprint density at radius 1 is 0.333 bits per heavy atom. The molecule has 0 N–H and O–H groups in total. The van der Waals surface area contributed by atoms with Crippen LogP contribution in [0.1, 0.15) is 46.2 Å². The molecule has 1 nitrogen and oxygen atoms in total. The molecule has 1 spiro atoms. The first kappa shape index (κ1) is 34.8. The summed E-state index contributed by atoms with van der Waals surface area (Å²) in [5.41, 5.74) is 24.1. The molecule has 0 aromatic heterocycles. The molecule has 0 bridgehead atoms. The molecule has 0 atom stereocenters. The van der Waals surface area contributed by atoms with Gasteiger partial charge in [-0.3, -0.25) is 0 Å². The van der Waals surface area contributed by atoms with E-state index < -0.39 is 5.41 Å². The number of para-hydroxylation sites is 1. The molecule has 0 saturated heterocycles. The molecule has 0 radical (unpaired) electrons. The van der Waals surface area contributed by atoms with Crippen LogP contribution in [0, 0.1) is 0 Å². The smallest absolute Gasteiger partial charge is 0.0726 e. The maximum atomic E-state index is 2.52. The summed E-state index contributed by atoms with van der Waals surface area (Å²) in [4.78, 5) is 2.49. The Kier molecular flexibility index (Phi) is 8.10. The maximum absolute atomic E-state index is 2.52. The van der Waals surface area contributed by atoms with E-state index >= 15 is 0 Å². The van der Waals surface area contributed by atoms with Crippen LogP contribution in [0.5, 0.6) is 0 Å². The fourth-order valence-electron chi connectivity index (χ4n) is 11.0. The lowest BCUT2D eigenvalue weighted by atomic mass is 9.70. The van der Waals surface area contributed by atoms with Crippen molar-refractivity contribution in [3.63, 3.8) is 0 Å². The average Bonchev–Trinajstić information content (AvgIpc) is 3.80. The number of anilines is 3. The molecular formula is C59H43N. The van der Waals surface area contributed by atoms with Crippen LogP contribution in [-0.4, -0.2) is 0 Å². The third-order valence-electron chi connectivity index (χ3n) is 13.5. The summed E-state index contributed by atoms with van der Waals surface area (Å²) in [5.74, 6) is 0. The second-order valence-corrected chi connectivity index (χ2v) is 16.6. The quantitative estimate of drug-likeness (QED) is 0.163. The Balaban J connectivity index is 1.12. The average molecular weight is 766 g/mol. The van der Waals surface area contributed by atoms with Crippen LogP contribution in [0.4, 0.5) is 17.1 Å². The fraction of sp³-hybridized carbons (Fsp3) is 0.0847. The number of hydrogen-bond donors (Lipinski definition) is 0. The zero-order valence-corrected chi connectivity index (χ0v) is 33.5. The number of aryl methyl sites for hydroxylation is 1. The Morgan fingerprint density at radius 2 is 0.867 bits per heavy atom. The van der Waals surface area contributed by atoms with Gasteiger partial charge in [0, 0.05) is 16.9 Å². The minimum atomic E-state index is -0.487. The monoisotopic (exact) mass is 765 g/mol. The van der Waals surface area contributed by atoms with Crippen molar-refractivity contribution in [1.82, 2.24) is 0 Å². The predicted molar refractivity (Wildman–Crippen MR) is 250 cm³/mol. The van der Waals surface area contributed by atoms with E-state index in [2.05, 4.69) is 217 Å². The summed E-state index contributed by atoms with van der Waals surface area (Å²) < 4.78 is 0. The largest absolute Gasteiger partial charge is 0.310 e. The molecule has 0 fully saturated rings. The number of fused-ring (bicyclic) bond motifs is 11. The summed E-state index contributed by atoms with van der Waals surface area (Å²) in [6.07, 6.45) is 4.87. The minimum absolute atomic E-state index is 0.487. The molecule has 12 rings (SSSR count). The molecule has 1 heteroatoms. The third-order valence-corrected chi connectivity index (χ3v) is 13.5. The van der Waals surface area contributed by atoms with Gasteiger partial charge >= 0.3 is 0 Å². The van der Waals surface area contributed by atoms with Crippen molar-refractivity contribution in [1.29, 1.82) is 0 Å². The van der Waals surface area contributed by atoms with Crippen LogP contribution < -0.4 is 4.90 Å². The predicted octanol–water partition coefficient (Wildman–Crippen LogP) is 15.4. The maximum Gasteiger partial charge on any atom is 0.0726 e. The van der Waals surface area contributed by atoms with Gasteiger partial charge in [0.1, 0.15) is 0 Å². The van der Waals surface area contributed by atoms with Gasteiger partial charge in [-0.05, 0) is 139 Å². The van der Waals surface area contributed by atoms with Crippen molar-refractivity contribution in [2.75, 3.05) is 4.90 Å². The molecule has 60 heavy (non-hydrogen) atoms. The van der Waals surface area contributed by atoms with Gasteiger partial charge in [0.05, 0.1) is 11.1 Å². The summed E-state index contributed by atoms with van der Waals surface area (Å²) in [7, 11) is 0. The summed E-state index contributed by atoms with van der Waals surface area (Å²) in [6.45, 7) is 0. The zero-order chi connectivity index (χ0) is 39.6. The summed E-state index contributed by atoms with van der Waals surface area (Å²) in [5, 5.41) is 0. The summed E-state index contributed by atoms with van der Waals surface area (Å²) >= 11 is 0. The van der Waals surface area contributed by atoms with Crippen LogP contribution in [0.2, 0.25) is 0 Å². The first-order valence-corrected chi connectivity index (χ1v) is 21.5. The van der Waals surface area contributed by atoms with E-state index in [1.165, 1.54) is 108 Å². The van der Waals surface area contributed by atoms with E-state index in [4.69, 9.17) is 0 Å². The van der Waals surface area contributed by atoms with Crippen molar-refractivity contribution in [2.45, 2.75) is 31.1 Å². The van der Waals surface area contributed by atoms with Gasteiger partial charge in [-0.1, -0.05) is 182 Å². The van der Waals surface area contributed by atoms with E-state index in [0.717, 1.165) is 23.5 Å². The summed E-state index contributed by atoms with van der Waals surface area (Å²) in [6, 6.07) is 79.4. The van der Waals surface area contributed by atoms with E-state index in [0.29, 0.717) is 0 Å². The fourth-order valence-corrected chi connectivity index (χ4v) is 11.0. The number of nitrogens with zero attached hydrogens (tertiary/aromatic N) is 1. The van der Waals surface area contributed by atoms with Crippen LogP contribution in [0.15, 0.2) is 212 Å². The molecule has 0 amide bonds. The van der Waals surface area contributed by atoms with Crippen molar-refractivity contribution < 1.29 is 0 Å². The van der Waals surface area contributed by atoms with Crippen LogP contribution >= 0.6 is 0 Å². The van der Waals surface area contributed by atoms with Crippen molar-refractivity contribution in [3.05, 3.63) is 246 Å². The van der Waals surface area contributed by atoms with Gasteiger partial charge in [0.15, 0.2) is 0 Å². The molecule has 9 aromatic rings. The van der Waals surface area contributed by atoms with Crippen molar-refractivity contribution in [3.8, 4) is 55.6 Å². The SMILES string of the molecule is c1ccc(-c2ccccc2N(c2ccc(-c3cccc4c3CCCC4)cc2)c2ccc3c(c2)C2(c4ccccc4-c4ccccc42)c2cccc(-c4ccccc4)c2-3)cc1. The van der Waals surface area contributed by atoms with E-state index in [1.54, 1.807) is 0 Å². The first-order valence-electron chi connectivity index (χ1n) is 21.5. The van der Waals surface area contributed by atoms with Gasteiger partial charge in [0.25, 0.3) is 0 Å². The molecule has 0 saturated carbocycles. The topological polar surface area (TPSA) is 3.24 Å². The van der Waals surface area contributed by atoms with Gasteiger partial charge in [-0.2, -0.15) is 0 Å². The lowest BCUT2D eigenvalue weighted by Gasteiger charge is -2.33. The molecule has 0 aliphatic heterocycles. The molecular weight excluding hydrogens is 723 g/mol. The van der Waals surface area contributed by atoms with Crippen LogP contribution in [-0.2, 0) is 18.3 Å². The van der Waals surface area contributed by atoms with Gasteiger partial charge in [0.2, 0.25) is 0 Å². The highest BCUT2D eigenvalue weighted by molar-refractivity contribution is 6.01. The Labute approximate surface area is 352 Å². The van der Waals surface area contributed by atoms with E-state index in [1.807, 2.05) is 0 Å². The molecule has 3 aliphatic rings. The lowest BCUT2D eigenvalue weighted by Crippen LogP contribution is -2.26. The van der Waals surface area contributed by atoms with Gasteiger partial charge in [-0.25, -0.2) is 0 Å². The Morgan fingerprint density at radius 3 is 1.60 bits per heavy atom. The molecule has 3 aliphatic carbocycles. The minimum Gasteiger partial charge on any atom is -0.310 e. The highest BCUT2D eigenvalue weighted by Crippen LogP contribution is 2.64. The Hall–Kier alpha value is -7.22. The molecule has 284 valence electrons. The van der Waals surface area contributed by atoms with Crippen LogP contribution in [0.25, 0.3) is 55.6 Å². The highest BCUT2D eigenvalue weighted by Gasteiger charge is 2.52. The zero-order valence-electron chi connectivity index (χ0n) is 33.5. The number of rotatable bonds is 6. The highest BCUT2D eigenvalue weighted by atomic mass is 15.1. The second-order valence-electron chi connectivity index (χ2n) is 16.6. The van der Waals surface area contributed by atoms with Crippen molar-refractivity contribution in [2.24, 2.45) is 0 Å². The van der Waals surface area contributed by atoms with Gasteiger partial charge in [-0.15, -0.1) is 0 Å². The number of benzene rings is 9. The normalized spacial score (nSPS) is 13.9. The Bertz CT molecular complexity index is 3040. The molecule has 0 heterocycles. The standard InChI is InChI=1S/C59H43N/c1-3-17-41(18-4-1)48-24-11-14-32-57(48)60(44-35-33-43(34-36-44)47-27-15-22-40-21-7-8-23-46(40)47)45-37-38-52-56(39-45)59(53-29-12-9-25-50(53)51-26-10-13-30-54(51)59)55-31-16-28-49(58(52)55)42-19-5-2-6-20-42/h1-6,9-20,22,24-39H,7-8,21,23H2. The van der Waals surface area contributed by atoms with Crippen molar-refractivity contribution >= 4 is 17.1 Å². The van der Waals surface area contributed by atoms with E-state index in [-0.39, 0.29) is 0 Å². The lowest BCUT2D eigenvalue weighted by molar-refractivity contribution is 0.687. The molecule has 9 aromatic carbocycles. The second kappa shape index (κ2) is 14.0. The van der Waals surface area contributed by atoms with E-state index in [9.17, 15) is 0 Å². The van der Waals surface area contributed by atoms with Gasteiger partial charge < -0.3 is 4.90 Å². The van der Waals surface area contributed by atoms with Crippen LogP contribution in [0.3, 0.4) is 0 Å². The first-order chi connectivity index (χ1) is 29.8. The third kappa shape index (κ3) is 5.19. The molecule has 0 unspecified atom stereocenters. The number of hydrogen-bond acceptors (Lipinski definition) is 1.